The zero-order valence-electron chi connectivity index (χ0n) is 9.11. The van der Waals surface area contributed by atoms with Crippen molar-refractivity contribution in [1.82, 2.24) is 5.32 Å². The lowest BCUT2D eigenvalue weighted by atomic mass is 9.92. The molecule has 1 aromatic carbocycles. The van der Waals surface area contributed by atoms with Crippen molar-refractivity contribution in [2.75, 3.05) is 13.7 Å². The zero-order chi connectivity index (χ0) is 10.1. The van der Waals surface area contributed by atoms with E-state index in [0.717, 1.165) is 25.3 Å². The molecule has 1 aromatic rings. The fraction of sp³-hybridized carbons (Fsp3) is 0.500. The molecule has 0 atom stereocenters. The van der Waals surface area contributed by atoms with Crippen LogP contribution in [-0.4, -0.2) is 13.7 Å². The summed E-state index contributed by atoms with van der Waals surface area (Å²) in [7, 11) is 1.74. The lowest BCUT2D eigenvalue weighted by molar-refractivity contribution is 0.409. The summed E-state index contributed by atoms with van der Waals surface area (Å²) in [5.41, 5.74) is 5.61. The molecular formula is C12H17NO. The number of hydrogen-bond donors (Lipinski definition) is 1. The van der Waals surface area contributed by atoms with Gasteiger partial charge in [0, 0.05) is 6.54 Å². The van der Waals surface area contributed by atoms with Gasteiger partial charge in [0.25, 0.3) is 0 Å². The molecule has 0 radical (unpaired) electrons. The van der Waals surface area contributed by atoms with Crippen LogP contribution < -0.4 is 10.1 Å². The van der Waals surface area contributed by atoms with E-state index in [1.54, 1.807) is 7.11 Å². The Labute approximate surface area is 85.3 Å². The fourth-order valence-corrected chi connectivity index (χ4v) is 2.23. The second-order valence-corrected chi connectivity index (χ2v) is 3.90. The first-order valence-corrected chi connectivity index (χ1v) is 5.10. The Morgan fingerprint density at radius 3 is 2.79 bits per heavy atom. The van der Waals surface area contributed by atoms with Gasteiger partial charge < -0.3 is 10.1 Å². The Balaban J connectivity index is 2.58. The molecule has 1 N–H and O–H groups in total. The summed E-state index contributed by atoms with van der Waals surface area (Å²) in [4.78, 5) is 0. The van der Waals surface area contributed by atoms with Crippen LogP contribution in [0.4, 0.5) is 0 Å². The Bertz CT molecular complexity index is 358. The highest BCUT2D eigenvalue weighted by Crippen LogP contribution is 2.29. The van der Waals surface area contributed by atoms with E-state index in [4.69, 9.17) is 4.74 Å². The average molecular weight is 191 g/mol. The molecule has 0 aromatic heterocycles. The largest absolute Gasteiger partial charge is 0.496 e. The van der Waals surface area contributed by atoms with Gasteiger partial charge in [0.05, 0.1) is 7.11 Å². The first-order valence-electron chi connectivity index (χ1n) is 5.10. The third kappa shape index (κ3) is 1.40. The molecule has 2 heteroatoms. The van der Waals surface area contributed by atoms with Crippen molar-refractivity contribution in [1.29, 1.82) is 0 Å². The third-order valence-electron chi connectivity index (χ3n) is 3.08. The SMILES string of the molecule is COc1cc(C)c2c(c1C)CNCC2. The normalized spacial score (nSPS) is 15.1. The van der Waals surface area contributed by atoms with Crippen LogP contribution in [0.25, 0.3) is 0 Å². The van der Waals surface area contributed by atoms with Crippen molar-refractivity contribution < 1.29 is 4.74 Å². The van der Waals surface area contributed by atoms with Crippen molar-refractivity contribution in [2.24, 2.45) is 0 Å². The standard InChI is InChI=1S/C12H17NO/c1-8-6-12(14-3)9(2)11-7-13-5-4-10(8)11/h6,13H,4-5,7H2,1-3H3. The smallest absolute Gasteiger partial charge is 0.122 e. The van der Waals surface area contributed by atoms with Crippen LogP contribution in [0.3, 0.4) is 0 Å². The Morgan fingerprint density at radius 2 is 2.07 bits per heavy atom. The van der Waals surface area contributed by atoms with E-state index >= 15 is 0 Å². The van der Waals surface area contributed by atoms with Crippen LogP contribution in [-0.2, 0) is 13.0 Å². The molecule has 2 rings (SSSR count). The number of methoxy groups -OCH3 is 1. The molecule has 14 heavy (non-hydrogen) atoms. The number of rotatable bonds is 1. The maximum Gasteiger partial charge on any atom is 0.122 e. The van der Waals surface area contributed by atoms with E-state index in [-0.39, 0.29) is 0 Å². The van der Waals surface area contributed by atoms with Crippen molar-refractivity contribution in [3.63, 3.8) is 0 Å². The second-order valence-electron chi connectivity index (χ2n) is 3.90. The van der Waals surface area contributed by atoms with Crippen LogP contribution in [0.5, 0.6) is 5.75 Å². The van der Waals surface area contributed by atoms with Crippen LogP contribution in [0.15, 0.2) is 6.07 Å². The quantitative estimate of drug-likeness (QED) is 0.732. The van der Waals surface area contributed by atoms with Gasteiger partial charge in [-0.1, -0.05) is 0 Å². The zero-order valence-corrected chi connectivity index (χ0v) is 9.11. The topological polar surface area (TPSA) is 21.3 Å². The lowest BCUT2D eigenvalue weighted by Gasteiger charge is -2.23. The number of aryl methyl sites for hydroxylation is 1. The molecule has 0 amide bonds. The highest BCUT2D eigenvalue weighted by atomic mass is 16.5. The predicted molar refractivity (Wildman–Crippen MR) is 57.9 cm³/mol. The molecule has 0 spiro atoms. The van der Waals surface area contributed by atoms with E-state index in [1.807, 2.05) is 0 Å². The van der Waals surface area contributed by atoms with E-state index < -0.39 is 0 Å². The average Bonchev–Trinajstić information content (AvgIpc) is 2.23. The minimum absolute atomic E-state index is 0.985. The molecule has 0 bridgehead atoms. The molecule has 0 aliphatic carbocycles. The van der Waals surface area contributed by atoms with Crippen molar-refractivity contribution in [3.05, 3.63) is 28.3 Å². The highest BCUT2D eigenvalue weighted by Gasteiger charge is 2.16. The van der Waals surface area contributed by atoms with Gasteiger partial charge in [-0.2, -0.15) is 0 Å². The summed E-state index contributed by atoms with van der Waals surface area (Å²) in [6.07, 6.45) is 1.14. The molecular weight excluding hydrogens is 174 g/mol. The summed E-state index contributed by atoms with van der Waals surface area (Å²) >= 11 is 0. The Kier molecular flexibility index (Phi) is 2.46. The van der Waals surface area contributed by atoms with Crippen LogP contribution in [0.2, 0.25) is 0 Å². The minimum Gasteiger partial charge on any atom is -0.496 e. The molecule has 1 heterocycles. The van der Waals surface area contributed by atoms with Crippen LogP contribution in [0, 0.1) is 13.8 Å². The van der Waals surface area contributed by atoms with Crippen LogP contribution in [0.1, 0.15) is 22.3 Å². The summed E-state index contributed by atoms with van der Waals surface area (Å²) in [5.74, 6) is 1.02. The molecule has 2 nitrogen and oxygen atoms in total. The first kappa shape index (κ1) is 9.53. The van der Waals surface area contributed by atoms with Gasteiger partial charge in [0.2, 0.25) is 0 Å². The van der Waals surface area contributed by atoms with Gasteiger partial charge in [-0.3, -0.25) is 0 Å². The molecule has 0 saturated carbocycles. The number of nitrogens with one attached hydrogen (secondary N) is 1. The van der Waals surface area contributed by atoms with E-state index in [2.05, 4.69) is 25.2 Å². The summed E-state index contributed by atoms with van der Waals surface area (Å²) < 4.78 is 5.36. The van der Waals surface area contributed by atoms with Gasteiger partial charge >= 0.3 is 0 Å². The van der Waals surface area contributed by atoms with Gasteiger partial charge in [0.15, 0.2) is 0 Å². The van der Waals surface area contributed by atoms with Gasteiger partial charge in [-0.05, 0) is 55.1 Å². The molecule has 76 valence electrons. The van der Waals surface area contributed by atoms with Crippen LogP contribution >= 0.6 is 0 Å². The Hall–Kier alpha value is -1.02. The molecule has 0 fully saturated rings. The van der Waals surface area contributed by atoms with Gasteiger partial charge in [-0.15, -0.1) is 0 Å². The lowest BCUT2D eigenvalue weighted by Crippen LogP contribution is -2.25. The Morgan fingerprint density at radius 1 is 1.29 bits per heavy atom. The number of benzene rings is 1. The van der Waals surface area contributed by atoms with Gasteiger partial charge in [-0.25, -0.2) is 0 Å². The number of ether oxygens (including phenoxy) is 1. The van der Waals surface area contributed by atoms with E-state index in [1.165, 1.54) is 22.3 Å². The minimum atomic E-state index is 0.985. The monoisotopic (exact) mass is 191 g/mol. The van der Waals surface area contributed by atoms with Gasteiger partial charge in [0.1, 0.15) is 5.75 Å². The van der Waals surface area contributed by atoms with Crippen molar-refractivity contribution >= 4 is 0 Å². The number of fused-ring (bicyclic) bond motifs is 1. The fourth-order valence-electron chi connectivity index (χ4n) is 2.23. The third-order valence-corrected chi connectivity index (χ3v) is 3.08. The summed E-state index contributed by atoms with van der Waals surface area (Å²) in [6, 6.07) is 2.15. The summed E-state index contributed by atoms with van der Waals surface area (Å²) in [6.45, 7) is 6.40. The highest BCUT2D eigenvalue weighted by molar-refractivity contribution is 5.49. The predicted octanol–water partition coefficient (Wildman–Crippen LogP) is 1.96. The van der Waals surface area contributed by atoms with Crippen molar-refractivity contribution in [2.45, 2.75) is 26.8 Å². The molecule has 0 saturated heterocycles. The maximum atomic E-state index is 5.36. The second kappa shape index (κ2) is 3.62. The maximum absolute atomic E-state index is 5.36. The number of hydrogen-bond acceptors (Lipinski definition) is 2. The van der Waals surface area contributed by atoms with Crippen molar-refractivity contribution in [3.8, 4) is 5.75 Å². The first-order chi connectivity index (χ1) is 6.74. The molecule has 0 unspecified atom stereocenters. The molecule has 1 aliphatic heterocycles. The van der Waals surface area contributed by atoms with E-state index in [0.29, 0.717) is 0 Å². The molecule has 1 aliphatic rings. The van der Waals surface area contributed by atoms with E-state index in [9.17, 15) is 0 Å². The summed E-state index contributed by atoms with van der Waals surface area (Å²) in [5, 5.41) is 3.40.